The standard InChI is InChI=1S/C13H27NO/c1-10-6-5-7-12(10)14-9-11(15)8-13(2,3)4/h10-12,14-15H,5-9H2,1-4H3. The monoisotopic (exact) mass is 213 g/mol. The van der Waals surface area contributed by atoms with Gasteiger partial charge in [-0.05, 0) is 30.6 Å². The molecular weight excluding hydrogens is 186 g/mol. The summed E-state index contributed by atoms with van der Waals surface area (Å²) in [6, 6.07) is 0.639. The summed E-state index contributed by atoms with van der Waals surface area (Å²) in [7, 11) is 0. The van der Waals surface area contributed by atoms with Crippen LogP contribution in [0, 0.1) is 11.3 Å². The van der Waals surface area contributed by atoms with Crippen molar-refractivity contribution in [2.75, 3.05) is 6.54 Å². The number of rotatable bonds is 4. The van der Waals surface area contributed by atoms with Crippen LogP contribution >= 0.6 is 0 Å². The summed E-state index contributed by atoms with van der Waals surface area (Å²) >= 11 is 0. The molecular formula is C13H27NO. The van der Waals surface area contributed by atoms with Crippen LogP contribution in [0.3, 0.4) is 0 Å². The average Bonchev–Trinajstić information content (AvgIpc) is 2.44. The maximum Gasteiger partial charge on any atom is 0.0669 e. The zero-order valence-corrected chi connectivity index (χ0v) is 10.7. The van der Waals surface area contributed by atoms with Crippen molar-refractivity contribution in [2.45, 2.75) is 65.5 Å². The molecule has 0 aliphatic heterocycles. The van der Waals surface area contributed by atoms with Gasteiger partial charge < -0.3 is 10.4 Å². The Morgan fingerprint density at radius 1 is 1.33 bits per heavy atom. The second-order valence-corrected chi connectivity index (χ2v) is 6.34. The van der Waals surface area contributed by atoms with Crippen LogP contribution in [0.2, 0.25) is 0 Å². The van der Waals surface area contributed by atoms with E-state index in [0.717, 1.165) is 18.9 Å². The molecule has 1 aliphatic carbocycles. The highest BCUT2D eigenvalue weighted by Gasteiger charge is 2.24. The van der Waals surface area contributed by atoms with E-state index in [0.29, 0.717) is 6.04 Å². The van der Waals surface area contributed by atoms with Crippen LogP contribution < -0.4 is 5.32 Å². The molecule has 0 radical (unpaired) electrons. The Hall–Kier alpha value is -0.0800. The number of nitrogens with one attached hydrogen (secondary N) is 1. The second-order valence-electron chi connectivity index (χ2n) is 6.34. The van der Waals surface area contributed by atoms with E-state index in [1.807, 2.05) is 0 Å². The molecule has 0 saturated heterocycles. The number of aliphatic hydroxyl groups is 1. The molecule has 0 aromatic heterocycles. The van der Waals surface area contributed by atoms with Crippen molar-refractivity contribution in [2.24, 2.45) is 11.3 Å². The molecule has 1 aliphatic rings. The molecule has 0 heterocycles. The van der Waals surface area contributed by atoms with E-state index in [-0.39, 0.29) is 11.5 Å². The first-order valence-corrected chi connectivity index (χ1v) is 6.30. The van der Waals surface area contributed by atoms with Crippen LogP contribution in [-0.4, -0.2) is 23.8 Å². The second kappa shape index (κ2) is 5.31. The Morgan fingerprint density at radius 2 is 2.00 bits per heavy atom. The lowest BCUT2D eigenvalue weighted by atomic mass is 9.89. The van der Waals surface area contributed by atoms with Crippen LogP contribution in [0.25, 0.3) is 0 Å². The van der Waals surface area contributed by atoms with Crippen molar-refractivity contribution >= 4 is 0 Å². The van der Waals surface area contributed by atoms with Gasteiger partial charge in [-0.25, -0.2) is 0 Å². The summed E-state index contributed by atoms with van der Waals surface area (Å²) in [5.41, 5.74) is 0.225. The molecule has 0 bridgehead atoms. The number of aliphatic hydroxyl groups excluding tert-OH is 1. The zero-order chi connectivity index (χ0) is 11.5. The van der Waals surface area contributed by atoms with E-state index < -0.39 is 0 Å². The molecule has 15 heavy (non-hydrogen) atoms. The molecule has 3 unspecified atom stereocenters. The Morgan fingerprint density at radius 3 is 2.47 bits per heavy atom. The van der Waals surface area contributed by atoms with Crippen molar-refractivity contribution in [3.05, 3.63) is 0 Å². The van der Waals surface area contributed by atoms with Crippen molar-refractivity contribution in [3.63, 3.8) is 0 Å². The van der Waals surface area contributed by atoms with Crippen molar-refractivity contribution < 1.29 is 5.11 Å². The summed E-state index contributed by atoms with van der Waals surface area (Å²) in [5.74, 6) is 0.784. The minimum Gasteiger partial charge on any atom is -0.392 e. The van der Waals surface area contributed by atoms with Crippen LogP contribution in [-0.2, 0) is 0 Å². The van der Waals surface area contributed by atoms with Crippen LogP contribution in [0.4, 0.5) is 0 Å². The Kier molecular flexibility index (Phi) is 4.60. The van der Waals surface area contributed by atoms with Crippen LogP contribution in [0.1, 0.15) is 53.4 Å². The van der Waals surface area contributed by atoms with Gasteiger partial charge in [0.05, 0.1) is 6.10 Å². The average molecular weight is 213 g/mol. The topological polar surface area (TPSA) is 32.3 Å². The minimum atomic E-state index is -0.196. The lowest BCUT2D eigenvalue weighted by molar-refractivity contribution is 0.115. The third kappa shape index (κ3) is 4.98. The Bertz CT molecular complexity index is 185. The van der Waals surface area contributed by atoms with Gasteiger partial charge in [0, 0.05) is 12.6 Å². The van der Waals surface area contributed by atoms with Crippen molar-refractivity contribution in [3.8, 4) is 0 Å². The Labute approximate surface area is 94.5 Å². The lowest BCUT2D eigenvalue weighted by Crippen LogP contribution is -2.38. The molecule has 1 fully saturated rings. The van der Waals surface area contributed by atoms with Gasteiger partial charge in [0.1, 0.15) is 0 Å². The molecule has 0 spiro atoms. The maximum absolute atomic E-state index is 9.87. The molecule has 2 nitrogen and oxygen atoms in total. The molecule has 2 N–H and O–H groups in total. The van der Waals surface area contributed by atoms with E-state index in [2.05, 4.69) is 33.0 Å². The summed E-state index contributed by atoms with van der Waals surface area (Å²) in [4.78, 5) is 0. The third-order valence-corrected chi connectivity index (χ3v) is 3.33. The van der Waals surface area contributed by atoms with Crippen LogP contribution in [0.15, 0.2) is 0 Å². The fourth-order valence-corrected chi connectivity index (χ4v) is 2.52. The van der Waals surface area contributed by atoms with Gasteiger partial charge in [-0.15, -0.1) is 0 Å². The van der Waals surface area contributed by atoms with Crippen LogP contribution in [0.5, 0.6) is 0 Å². The Balaban J connectivity index is 2.19. The first-order valence-electron chi connectivity index (χ1n) is 6.30. The van der Waals surface area contributed by atoms with Gasteiger partial charge in [-0.3, -0.25) is 0 Å². The maximum atomic E-state index is 9.87. The highest BCUT2D eigenvalue weighted by Crippen LogP contribution is 2.25. The van der Waals surface area contributed by atoms with E-state index in [4.69, 9.17) is 0 Å². The lowest BCUT2D eigenvalue weighted by Gasteiger charge is -2.25. The predicted molar refractivity (Wildman–Crippen MR) is 64.9 cm³/mol. The summed E-state index contributed by atoms with van der Waals surface area (Å²) in [6.07, 6.45) is 4.64. The largest absolute Gasteiger partial charge is 0.392 e. The van der Waals surface area contributed by atoms with E-state index in [1.165, 1.54) is 19.3 Å². The minimum absolute atomic E-state index is 0.196. The summed E-state index contributed by atoms with van der Waals surface area (Å²) < 4.78 is 0. The summed E-state index contributed by atoms with van der Waals surface area (Å²) in [5, 5.41) is 13.4. The number of hydrogen-bond donors (Lipinski definition) is 2. The highest BCUT2D eigenvalue weighted by atomic mass is 16.3. The van der Waals surface area contributed by atoms with Gasteiger partial charge in [0.25, 0.3) is 0 Å². The quantitative estimate of drug-likeness (QED) is 0.752. The van der Waals surface area contributed by atoms with Gasteiger partial charge in [0.2, 0.25) is 0 Å². The smallest absolute Gasteiger partial charge is 0.0669 e. The molecule has 0 aromatic carbocycles. The number of hydrogen-bond acceptors (Lipinski definition) is 2. The molecule has 0 amide bonds. The molecule has 1 saturated carbocycles. The van der Waals surface area contributed by atoms with E-state index in [9.17, 15) is 5.11 Å². The predicted octanol–water partition coefficient (Wildman–Crippen LogP) is 2.56. The van der Waals surface area contributed by atoms with Gasteiger partial charge >= 0.3 is 0 Å². The third-order valence-electron chi connectivity index (χ3n) is 3.33. The first kappa shape index (κ1) is 13.0. The zero-order valence-electron chi connectivity index (χ0n) is 10.7. The molecule has 90 valence electrons. The SMILES string of the molecule is CC1CCCC1NCC(O)CC(C)(C)C. The fourth-order valence-electron chi connectivity index (χ4n) is 2.52. The summed E-state index contributed by atoms with van der Waals surface area (Å²) in [6.45, 7) is 9.59. The molecule has 1 rings (SSSR count). The molecule has 3 atom stereocenters. The van der Waals surface area contributed by atoms with E-state index in [1.54, 1.807) is 0 Å². The van der Waals surface area contributed by atoms with Crippen molar-refractivity contribution in [1.29, 1.82) is 0 Å². The molecule has 2 heteroatoms. The van der Waals surface area contributed by atoms with E-state index >= 15 is 0 Å². The van der Waals surface area contributed by atoms with Gasteiger partial charge in [-0.2, -0.15) is 0 Å². The van der Waals surface area contributed by atoms with Gasteiger partial charge in [0.15, 0.2) is 0 Å². The van der Waals surface area contributed by atoms with Crippen molar-refractivity contribution in [1.82, 2.24) is 5.32 Å². The highest BCUT2D eigenvalue weighted by molar-refractivity contribution is 4.81. The molecule has 0 aromatic rings. The normalized spacial score (nSPS) is 29.4. The fraction of sp³-hybridized carbons (Fsp3) is 1.00. The van der Waals surface area contributed by atoms with Gasteiger partial charge in [-0.1, -0.05) is 34.1 Å². The first-order chi connectivity index (χ1) is 6.88.